The van der Waals surface area contributed by atoms with Crippen LogP contribution in [-0.2, 0) is 6.54 Å². The van der Waals surface area contributed by atoms with E-state index in [1.54, 1.807) is 17.1 Å². The van der Waals surface area contributed by atoms with Crippen LogP contribution in [0.4, 0.5) is 0 Å². The topological polar surface area (TPSA) is 56.0 Å². The SMILES string of the molecule is CCN(CC)CCCn1cnc2c3cccnc3n(-c3ccccc3)c(=O)c21.Cl. The lowest BCUT2D eigenvalue weighted by Crippen LogP contribution is -2.25. The predicted molar refractivity (Wildman–Crippen MR) is 120 cm³/mol. The van der Waals surface area contributed by atoms with Crippen LogP contribution in [-0.4, -0.2) is 43.6 Å². The fourth-order valence-corrected chi connectivity index (χ4v) is 3.76. The van der Waals surface area contributed by atoms with E-state index in [0.717, 1.165) is 49.2 Å². The van der Waals surface area contributed by atoms with Gasteiger partial charge in [-0.25, -0.2) is 9.97 Å². The highest BCUT2D eigenvalue weighted by molar-refractivity contribution is 6.01. The number of halogens is 1. The molecule has 0 aliphatic rings. The fraction of sp³-hybridized carbons (Fsp3) is 0.318. The Kier molecular flexibility index (Phi) is 6.67. The first-order valence-corrected chi connectivity index (χ1v) is 9.87. The smallest absolute Gasteiger partial charge is 0.282 e. The van der Waals surface area contributed by atoms with Crippen LogP contribution in [0.3, 0.4) is 0 Å². The van der Waals surface area contributed by atoms with Crippen molar-refractivity contribution in [1.82, 2.24) is 24.0 Å². The van der Waals surface area contributed by atoms with Crippen LogP contribution in [0.2, 0.25) is 0 Å². The highest BCUT2D eigenvalue weighted by Gasteiger charge is 2.17. The van der Waals surface area contributed by atoms with Crippen molar-refractivity contribution in [2.75, 3.05) is 19.6 Å². The summed E-state index contributed by atoms with van der Waals surface area (Å²) >= 11 is 0. The highest BCUT2D eigenvalue weighted by Crippen LogP contribution is 2.22. The van der Waals surface area contributed by atoms with Crippen molar-refractivity contribution in [3.05, 3.63) is 65.3 Å². The molecule has 0 saturated carbocycles. The van der Waals surface area contributed by atoms with Gasteiger partial charge in [-0.2, -0.15) is 0 Å². The first-order valence-electron chi connectivity index (χ1n) is 9.87. The van der Waals surface area contributed by atoms with E-state index in [-0.39, 0.29) is 18.0 Å². The molecular weight excluding hydrogens is 386 g/mol. The number of para-hydroxylation sites is 1. The summed E-state index contributed by atoms with van der Waals surface area (Å²) in [5.74, 6) is 0. The Labute approximate surface area is 176 Å². The molecule has 0 radical (unpaired) electrons. The fourth-order valence-electron chi connectivity index (χ4n) is 3.76. The zero-order chi connectivity index (χ0) is 19.5. The predicted octanol–water partition coefficient (Wildman–Crippen LogP) is 3.89. The van der Waals surface area contributed by atoms with Crippen molar-refractivity contribution < 1.29 is 0 Å². The molecule has 4 aromatic rings. The normalized spacial score (nSPS) is 11.3. The second-order valence-electron chi connectivity index (χ2n) is 6.87. The second kappa shape index (κ2) is 9.20. The Morgan fingerprint density at radius 3 is 2.48 bits per heavy atom. The Bertz CT molecular complexity index is 1150. The first kappa shape index (κ1) is 21.0. The van der Waals surface area contributed by atoms with Gasteiger partial charge < -0.3 is 9.47 Å². The third-order valence-corrected chi connectivity index (χ3v) is 5.28. The first-order chi connectivity index (χ1) is 13.7. The minimum Gasteiger partial charge on any atom is -0.326 e. The number of benzene rings is 1. The molecule has 0 N–H and O–H groups in total. The molecule has 0 aliphatic heterocycles. The van der Waals surface area contributed by atoms with Gasteiger partial charge in [0, 0.05) is 18.1 Å². The summed E-state index contributed by atoms with van der Waals surface area (Å²) < 4.78 is 3.69. The van der Waals surface area contributed by atoms with E-state index in [4.69, 9.17) is 0 Å². The molecular formula is C22H26ClN5O. The average molecular weight is 412 g/mol. The maximum atomic E-state index is 13.5. The Morgan fingerprint density at radius 2 is 1.76 bits per heavy atom. The third-order valence-electron chi connectivity index (χ3n) is 5.28. The van der Waals surface area contributed by atoms with Crippen molar-refractivity contribution in [3.63, 3.8) is 0 Å². The molecule has 29 heavy (non-hydrogen) atoms. The van der Waals surface area contributed by atoms with Crippen molar-refractivity contribution in [3.8, 4) is 5.69 Å². The molecule has 0 amide bonds. The number of hydrogen-bond donors (Lipinski definition) is 0. The standard InChI is InChI=1S/C22H25N5O.ClH/c1-3-25(4-2)14-9-15-26-16-24-19-18-12-8-13-23-21(18)27(22(28)20(19)26)17-10-6-5-7-11-17;/h5-8,10-13,16H,3-4,9,14-15H2,1-2H3;1H. The van der Waals surface area contributed by atoms with Crippen LogP contribution in [0.5, 0.6) is 0 Å². The van der Waals surface area contributed by atoms with Crippen LogP contribution in [0, 0.1) is 0 Å². The molecule has 4 rings (SSSR count). The molecule has 3 heterocycles. The Balaban J connectivity index is 0.00000240. The summed E-state index contributed by atoms with van der Waals surface area (Å²) in [6.45, 7) is 8.20. The number of fused-ring (bicyclic) bond motifs is 3. The summed E-state index contributed by atoms with van der Waals surface area (Å²) in [5, 5.41) is 0.892. The molecule has 0 bridgehead atoms. The van der Waals surface area contributed by atoms with Gasteiger partial charge >= 0.3 is 0 Å². The Morgan fingerprint density at radius 1 is 1.00 bits per heavy atom. The van der Waals surface area contributed by atoms with Gasteiger partial charge in [0.2, 0.25) is 0 Å². The van der Waals surface area contributed by atoms with E-state index in [2.05, 4.69) is 28.7 Å². The molecule has 152 valence electrons. The minimum absolute atomic E-state index is 0. The van der Waals surface area contributed by atoms with Gasteiger partial charge in [-0.3, -0.25) is 9.36 Å². The van der Waals surface area contributed by atoms with Crippen molar-refractivity contribution in [1.29, 1.82) is 0 Å². The van der Waals surface area contributed by atoms with Gasteiger partial charge in [0.1, 0.15) is 16.7 Å². The third kappa shape index (κ3) is 3.91. The van der Waals surface area contributed by atoms with Gasteiger partial charge in [-0.05, 0) is 50.3 Å². The number of nitrogens with zero attached hydrogens (tertiary/aromatic N) is 5. The second-order valence-corrected chi connectivity index (χ2v) is 6.87. The quantitative estimate of drug-likeness (QED) is 0.463. The molecule has 0 aliphatic carbocycles. The molecule has 0 spiro atoms. The van der Waals surface area contributed by atoms with Gasteiger partial charge in [-0.1, -0.05) is 32.0 Å². The maximum absolute atomic E-state index is 13.5. The summed E-state index contributed by atoms with van der Waals surface area (Å²) in [5.41, 5.74) is 2.74. The van der Waals surface area contributed by atoms with Crippen LogP contribution in [0.15, 0.2) is 59.8 Å². The summed E-state index contributed by atoms with van der Waals surface area (Å²) in [4.78, 5) is 24.9. The van der Waals surface area contributed by atoms with Crippen molar-refractivity contribution in [2.24, 2.45) is 0 Å². The lowest BCUT2D eigenvalue weighted by Gasteiger charge is -2.18. The molecule has 0 unspecified atom stereocenters. The molecule has 1 aromatic carbocycles. The molecule has 0 saturated heterocycles. The van der Waals surface area contributed by atoms with Crippen molar-refractivity contribution in [2.45, 2.75) is 26.8 Å². The zero-order valence-electron chi connectivity index (χ0n) is 16.8. The van der Waals surface area contributed by atoms with E-state index in [1.807, 2.05) is 47.0 Å². The number of aryl methyl sites for hydroxylation is 1. The van der Waals surface area contributed by atoms with Gasteiger partial charge in [0.15, 0.2) is 0 Å². The van der Waals surface area contributed by atoms with E-state index in [0.29, 0.717) is 11.2 Å². The lowest BCUT2D eigenvalue weighted by molar-refractivity contribution is 0.294. The zero-order valence-corrected chi connectivity index (χ0v) is 17.6. The van der Waals surface area contributed by atoms with E-state index in [9.17, 15) is 4.79 Å². The largest absolute Gasteiger partial charge is 0.326 e. The Hall–Kier alpha value is -2.70. The summed E-state index contributed by atoms with van der Waals surface area (Å²) in [7, 11) is 0. The lowest BCUT2D eigenvalue weighted by atomic mass is 10.2. The van der Waals surface area contributed by atoms with E-state index < -0.39 is 0 Å². The number of hydrogen-bond acceptors (Lipinski definition) is 4. The van der Waals surface area contributed by atoms with Gasteiger partial charge in [0.05, 0.1) is 12.0 Å². The van der Waals surface area contributed by atoms with Crippen LogP contribution in [0.25, 0.3) is 27.8 Å². The number of aromatic nitrogens is 4. The highest BCUT2D eigenvalue weighted by atomic mass is 35.5. The minimum atomic E-state index is -0.0762. The van der Waals surface area contributed by atoms with Crippen LogP contribution < -0.4 is 5.56 Å². The van der Waals surface area contributed by atoms with E-state index >= 15 is 0 Å². The molecule has 3 aromatic heterocycles. The van der Waals surface area contributed by atoms with Gasteiger partial charge in [-0.15, -0.1) is 12.4 Å². The van der Waals surface area contributed by atoms with Crippen molar-refractivity contribution >= 4 is 34.5 Å². The monoisotopic (exact) mass is 411 g/mol. The molecule has 0 atom stereocenters. The van der Waals surface area contributed by atoms with Crippen LogP contribution in [0.1, 0.15) is 20.3 Å². The average Bonchev–Trinajstić information content (AvgIpc) is 3.17. The molecule has 6 nitrogen and oxygen atoms in total. The number of rotatable bonds is 7. The van der Waals surface area contributed by atoms with Gasteiger partial charge in [0.25, 0.3) is 5.56 Å². The number of imidazole rings is 1. The molecule has 7 heteroatoms. The summed E-state index contributed by atoms with van der Waals surface area (Å²) in [6.07, 6.45) is 4.48. The van der Waals surface area contributed by atoms with E-state index in [1.165, 1.54) is 0 Å². The number of pyridine rings is 2. The summed E-state index contributed by atoms with van der Waals surface area (Å²) in [6, 6.07) is 13.5. The maximum Gasteiger partial charge on any atom is 0.282 e. The van der Waals surface area contributed by atoms with Crippen LogP contribution >= 0.6 is 12.4 Å². The molecule has 0 fully saturated rings.